The Balaban J connectivity index is 2.06. The van der Waals surface area contributed by atoms with Gasteiger partial charge in [-0.2, -0.15) is 0 Å². The van der Waals surface area contributed by atoms with Crippen molar-refractivity contribution in [1.82, 2.24) is 10.2 Å². The number of aliphatic hydroxyl groups excluding tert-OH is 1. The Labute approximate surface area is 200 Å². The quantitative estimate of drug-likeness (QED) is 0.528. The number of nitrogens with zero attached hydrogens (tertiary/aromatic N) is 1. The molecule has 1 aromatic carbocycles. The van der Waals surface area contributed by atoms with E-state index in [0.717, 1.165) is 5.56 Å². The van der Waals surface area contributed by atoms with Crippen LogP contribution in [0.5, 0.6) is 0 Å². The summed E-state index contributed by atoms with van der Waals surface area (Å²) in [6.45, 7) is 7.51. The first-order valence-corrected chi connectivity index (χ1v) is 11.9. The predicted molar refractivity (Wildman–Crippen MR) is 129 cm³/mol. The molecular formula is C25H34ClN3O4. The van der Waals surface area contributed by atoms with Gasteiger partial charge in [-0.1, -0.05) is 56.7 Å². The van der Waals surface area contributed by atoms with Crippen LogP contribution in [0, 0.1) is 36.5 Å². The highest BCUT2D eigenvalue weighted by molar-refractivity contribution is 6.34. The van der Waals surface area contributed by atoms with Gasteiger partial charge in [0.15, 0.2) is 0 Å². The number of hydrogen-bond donors (Lipinski definition) is 3. The molecule has 0 unspecified atom stereocenters. The topological polar surface area (TPSA) is 98.7 Å². The number of halogens is 1. The number of hydrogen-bond acceptors (Lipinski definition) is 4. The van der Waals surface area contributed by atoms with Crippen molar-refractivity contribution in [2.45, 2.75) is 46.2 Å². The summed E-state index contributed by atoms with van der Waals surface area (Å²) >= 11 is 6.34. The number of amides is 3. The molecule has 0 spiro atoms. The third kappa shape index (κ3) is 4.80. The first-order valence-electron chi connectivity index (χ1n) is 11.5. The molecule has 3 amide bonds. The molecule has 6 atom stereocenters. The molecule has 7 nitrogen and oxygen atoms in total. The summed E-state index contributed by atoms with van der Waals surface area (Å²) in [7, 11) is 1.55. The van der Waals surface area contributed by atoms with Crippen molar-refractivity contribution in [3.05, 3.63) is 40.9 Å². The van der Waals surface area contributed by atoms with Crippen molar-refractivity contribution in [3.8, 4) is 0 Å². The smallest absolute Gasteiger partial charge is 0.247 e. The van der Waals surface area contributed by atoms with Crippen LogP contribution in [0.25, 0.3) is 0 Å². The van der Waals surface area contributed by atoms with E-state index in [0.29, 0.717) is 17.1 Å². The number of aryl methyl sites for hydroxylation is 1. The summed E-state index contributed by atoms with van der Waals surface area (Å²) < 4.78 is 0. The fraction of sp³-hybridized carbons (Fsp3) is 0.560. The number of allylic oxidation sites excluding steroid dienone is 1. The predicted octanol–water partition coefficient (Wildman–Crippen LogP) is 3.01. The normalized spacial score (nSPS) is 27.5. The van der Waals surface area contributed by atoms with Gasteiger partial charge in [0.1, 0.15) is 6.04 Å². The number of nitrogens with one attached hydrogen (secondary N) is 2. The van der Waals surface area contributed by atoms with Crippen LogP contribution in [0.2, 0.25) is 5.02 Å². The first kappa shape index (κ1) is 25.2. The van der Waals surface area contributed by atoms with Gasteiger partial charge in [0, 0.05) is 13.0 Å². The van der Waals surface area contributed by atoms with Crippen molar-refractivity contribution in [2.24, 2.45) is 29.6 Å². The van der Waals surface area contributed by atoms with Gasteiger partial charge in [-0.15, -0.1) is 0 Å². The molecule has 1 aromatic rings. The van der Waals surface area contributed by atoms with E-state index in [9.17, 15) is 19.5 Å². The van der Waals surface area contributed by atoms with E-state index in [4.69, 9.17) is 11.6 Å². The van der Waals surface area contributed by atoms with Crippen molar-refractivity contribution >= 4 is 35.0 Å². The second kappa shape index (κ2) is 10.3. The largest absolute Gasteiger partial charge is 0.394 e. The number of aliphatic hydroxyl groups is 1. The van der Waals surface area contributed by atoms with Gasteiger partial charge >= 0.3 is 0 Å². The number of para-hydroxylation sites is 1. The summed E-state index contributed by atoms with van der Waals surface area (Å²) in [5, 5.41) is 16.2. The van der Waals surface area contributed by atoms with Crippen molar-refractivity contribution in [1.29, 1.82) is 0 Å². The maximum Gasteiger partial charge on any atom is 0.247 e. The van der Waals surface area contributed by atoms with E-state index in [1.54, 1.807) is 19.2 Å². The lowest BCUT2D eigenvalue weighted by atomic mass is 9.70. The Morgan fingerprint density at radius 2 is 1.91 bits per heavy atom. The molecular weight excluding hydrogens is 442 g/mol. The highest BCUT2D eigenvalue weighted by Gasteiger charge is 2.58. The van der Waals surface area contributed by atoms with Gasteiger partial charge in [0.25, 0.3) is 0 Å². The number of benzene rings is 1. The Kier molecular flexibility index (Phi) is 7.85. The zero-order valence-corrected chi connectivity index (χ0v) is 20.6. The van der Waals surface area contributed by atoms with Gasteiger partial charge in [-0.25, -0.2) is 0 Å². The zero-order chi connectivity index (χ0) is 24.4. The second-order valence-electron chi connectivity index (χ2n) is 9.56. The molecule has 33 heavy (non-hydrogen) atoms. The molecule has 0 bridgehead atoms. The molecule has 180 valence electrons. The van der Waals surface area contributed by atoms with Gasteiger partial charge in [0.2, 0.25) is 17.7 Å². The van der Waals surface area contributed by atoms with Crippen LogP contribution < -0.4 is 10.6 Å². The second-order valence-corrected chi connectivity index (χ2v) is 9.97. The highest BCUT2D eigenvalue weighted by atomic mass is 35.5. The number of rotatable bonds is 7. The van der Waals surface area contributed by atoms with E-state index in [2.05, 4.69) is 10.6 Å². The van der Waals surface area contributed by atoms with Crippen molar-refractivity contribution in [2.75, 3.05) is 19.0 Å². The molecule has 8 heteroatoms. The van der Waals surface area contributed by atoms with Crippen LogP contribution in [-0.4, -0.2) is 53.5 Å². The molecule has 1 aliphatic heterocycles. The third-order valence-corrected chi connectivity index (χ3v) is 7.16. The average molecular weight is 476 g/mol. The number of carbonyl (C=O) groups excluding carboxylic acids is 3. The van der Waals surface area contributed by atoms with Crippen LogP contribution >= 0.6 is 11.6 Å². The minimum Gasteiger partial charge on any atom is -0.394 e. The van der Waals surface area contributed by atoms with Crippen molar-refractivity contribution < 1.29 is 19.5 Å². The van der Waals surface area contributed by atoms with Gasteiger partial charge in [-0.3, -0.25) is 14.4 Å². The molecule has 1 aliphatic carbocycles. The molecule has 1 fully saturated rings. The van der Waals surface area contributed by atoms with Gasteiger partial charge < -0.3 is 20.6 Å². The van der Waals surface area contributed by atoms with Crippen LogP contribution in [-0.2, 0) is 14.4 Å². The molecule has 1 saturated heterocycles. The van der Waals surface area contributed by atoms with E-state index < -0.39 is 29.8 Å². The maximum absolute atomic E-state index is 13.8. The maximum atomic E-state index is 13.8. The Morgan fingerprint density at radius 1 is 1.21 bits per heavy atom. The van der Waals surface area contributed by atoms with Crippen LogP contribution in [0.15, 0.2) is 30.4 Å². The Hall–Kier alpha value is -2.38. The summed E-state index contributed by atoms with van der Waals surface area (Å²) in [5.74, 6) is -2.54. The average Bonchev–Trinajstić information content (AvgIpc) is 3.06. The van der Waals surface area contributed by atoms with E-state index >= 15 is 0 Å². The third-order valence-electron chi connectivity index (χ3n) is 6.84. The number of carbonyl (C=O) groups is 3. The van der Waals surface area contributed by atoms with E-state index in [1.165, 1.54) is 4.90 Å². The first-order chi connectivity index (χ1) is 15.6. The molecule has 1 heterocycles. The number of anilines is 1. The van der Waals surface area contributed by atoms with Crippen LogP contribution in [0.1, 0.15) is 32.8 Å². The fourth-order valence-corrected chi connectivity index (χ4v) is 5.58. The number of fused-ring (bicyclic) bond motifs is 1. The number of likely N-dealkylation sites (tertiary alicyclic amines) is 1. The zero-order valence-electron chi connectivity index (χ0n) is 19.8. The highest BCUT2D eigenvalue weighted by Crippen LogP contribution is 2.45. The standard InChI is InChI=1S/C25H34ClN3O4/c1-13(2)11-16(12-30)29-22(24(32)28-21-15(4)7-6-8-18(21)26)17-10-9-14(3)19(23(31)27-5)20(17)25(29)33/h6-10,13-14,16-17,19-20,22,30H,11-12H2,1-5H3,(H,27,31)(H,28,32)/t14-,16-,17+,19-,20-,22+/m1/s1. The SMILES string of the molecule is CNC(=O)[C@H]1[C@@H]2C(=O)N([C@@H](CO)CC(C)C)[C@H](C(=O)Nc3c(C)cccc3Cl)[C@H]2C=C[C@H]1C. The van der Waals surface area contributed by atoms with E-state index in [-0.39, 0.29) is 36.2 Å². The minimum atomic E-state index is -0.857. The Morgan fingerprint density at radius 3 is 2.48 bits per heavy atom. The lowest BCUT2D eigenvalue weighted by molar-refractivity contribution is -0.142. The Bertz CT molecular complexity index is 927. The van der Waals surface area contributed by atoms with Crippen LogP contribution in [0.4, 0.5) is 5.69 Å². The van der Waals surface area contributed by atoms with Gasteiger partial charge in [0.05, 0.1) is 35.2 Å². The fourth-order valence-electron chi connectivity index (χ4n) is 5.31. The molecule has 0 aromatic heterocycles. The summed E-state index contributed by atoms with van der Waals surface area (Å²) in [6, 6.07) is 3.97. The molecule has 3 rings (SSSR count). The summed E-state index contributed by atoms with van der Waals surface area (Å²) in [4.78, 5) is 41.8. The molecule has 0 saturated carbocycles. The van der Waals surface area contributed by atoms with Gasteiger partial charge in [-0.05, 0) is 36.8 Å². The monoisotopic (exact) mass is 475 g/mol. The lowest BCUT2D eigenvalue weighted by Gasteiger charge is -2.34. The lowest BCUT2D eigenvalue weighted by Crippen LogP contribution is -2.51. The van der Waals surface area contributed by atoms with Crippen LogP contribution in [0.3, 0.4) is 0 Å². The summed E-state index contributed by atoms with van der Waals surface area (Å²) in [6.07, 6.45) is 4.34. The van der Waals surface area contributed by atoms with Crippen molar-refractivity contribution in [3.63, 3.8) is 0 Å². The summed E-state index contributed by atoms with van der Waals surface area (Å²) in [5.41, 5.74) is 1.31. The van der Waals surface area contributed by atoms with E-state index in [1.807, 2.05) is 45.9 Å². The molecule has 3 N–H and O–H groups in total. The molecule has 2 aliphatic rings. The minimum absolute atomic E-state index is 0.151. The molecule has 0 radical (unpaired) electrons.